The number of methoxy groups -OCH3 is 1. The van der Waals surface area contributed by atoms with Gasteiger partial charge in [0, 0.05) is 18.7 Å². The van der Waals surface area contributed by atoms with E-state index in [1.54, 1.807) is 19.2 Å². The number of hydrogen-bond donors (Lipinski definition) is 2. The first-order chi connectivity index (χ1) is 9.69. The molecule has 1 aromatic carbocycles. The van der Waals surface area contributed by atoms with Gasteiger partial charge in [0.2, 0.25) is 0 Å². The van der Waals surface area contributed by atoms with Gasteiger partial charge in [0.05, 0.1) is 12.8 Å². The molecule has 0 saturated carbocycles. The van der Waals surface area contributed by atoms with E-state index < -0.39 is 0 Å². The topological polar surface area (TPSA) is 59.1 Å². The highest BCUT2D eigenvalue weighted by molar-refractivity contribution is 5.66. The lowest BCUT2D eigenvalue weighted by Crippen LogP contribution is -2.05. The van der Waals surface area contributed by atoms with E-state index in [0.29, 0.717) is 17.3 Å². The second kappa shape index (κ2) is 6.18. The first-order valence-corrected chi connectivity index (χ1v) is 6.31. The minimum absolute atomic E-state index is 0.319. The molecular weight excluding hydrogens is 259 g/mol. The normalized spacial score (nSPS) is 10.2. The van der Waals surface area contributed by atoms with Gasteiger partial charge in [-0.2, -0.15) is 0 Å². The van der Waals surface area contributed by atoms with Gasteiger partial charge in [-0.15, -0.1) is 0 Å². The third-order valence-corrected chi connectivity index (χ3v) is 2.96. The van der Waals surface area contributed by atoms with Crippen molar-refractivity contribution in [2.45, 2.75) is 13.3 Å². The Labute approximate surface area is 117 Å². The molecule has 0 aliphatic rings. The highest BCUT2D eigenvalue weighted by Gasteiger charge is 2.11. The van der Waals surface area contributed by atoms with Gasteiger partial charge in [-0.3, -0.25) is 0 Å². The summed E-state index contributed by atoms with van der Waals surface area (Å²) in [5.41, 5.74) is 1.22. The van der Waals surface area contributed by atoms with Gasteiger partial charge in [-0.05, 0) is 18.6 Å². The molecule has 0 bridgehead atoms. The standard InChI is InChI=1S/C14H17FN4O/c1-4-10-13(16-2)17-8-18-14(10)19-12-7-9(20-3)5-6-11(12)15/h5-8H,4H2,1-3H3,(H2,16,17,18,19). The van der Waals surface area contributed by atoms with E-state index in [4.69, 9.17) is 4.74 Å². The van der Waals surface area contributed by atoms with Crippen LogP contribution < -0.4 is 15.4 Å². The summed E-state index contributed by atoms with van der Waals surface area (Å²) in [5.74, 6) is 1.53. The van der Waals surface area contributed by atoms with Crippen molar-refractivity contribution in [3.63, 3.8) is 0 Å². The molecule has 1 heterocycles. The van der Waals surface area contributed by atoms with Gasteiger partial charge in [-0.25, -0.2) is 14.4 Å². The van der Waals surface area contributed by atoms with E-state index in [9.17, 15) is 4.39 Å². The molecule has 0 spiro atoms. The molecular formula is C14H17FN4O. The summed E-state index contributed by atoms with van der Waals surface area (Å²) in [6, 6.07) is 4.52. The summed E-state index contributed by atoms with van der Waals surface area (Å²) in [4.78, 5) is 8.33. The summed E-state index contributed by atoms with van der Waals surface area (Å²) in [6.07, 6.45) is 2.16. The molecule has 0 saturated heterocycles. The minimum atomic E-state index is -0.363. The van der Waals surface area contributed by atoms with Gasteiger partial charge >= 0.3 is 0 Å². The van der Waals surface area contributed by atoms with Crippen LogP contribution in [-0.4, -0.2) is 24.1 Å². The van der Waals surface area contributed by atoms with Crippen LogP contribution in [0, 0.1) is 5.82 Å². The van der Waals surface area contributed by atoms with Crippen LogP contribution in [0.25, 0.3) is 0 Å². The van der Waals surface area contributed by atoms with Gasteiger partial charge in [-0.1, -0.05) is 6.92 Å². The molecule has 0 radical (unpaired) electrons. The fraction of sp³-hybridized carbons (Fsp3) is 0.286. The fourth-order valence-electron chi connectivity index (χ4n) is 1.93. The van der Waals surface area contributed by atoms with Gasteiger partial charge in [0.15, 0.2) is 0 Å². The molecule has 1 aromatic heterocycles. The zero-order valence-corrected chi connectivity index (χ0v) is 11.7. The summed E-state index contributed by atoms with van der Waals surface area (Å²) in [7, 11) is 3.33. The average molecular weight is 276 g/mol. The monoisotopic (exact) mass is 276 g/mol. The Balaban J connectivity index is 2.39. The number of ether oxygens (including phenoxy) is 1. The van der Waals surface area contributed by atoms with Gasteiger partial charge < -0.3 is 15.4 Å². The van der Waals surface area contributed by atoms with E-state index in [1.165, 1.54) is 19.5 Å². The molecule has 106 valence electrons. The Morgan fingerprint density at radius 1 is 1.25 bits per heavy atom. The molecule has 20 heavy (non-hydrogen) atoms. The Morgan fingerprint density at radius 3 is 2.65 bits per heavy atom. The lowest BCUT2D eigenvalue weighted by atomic mass is 10.2. The van der Waals surface area contributed by atoms with Crippen LogP contribution >= 0.6 is 0 Å². The zero-order chi connectivity index (χ0) is 14.5. The molecule has 2 N–H and O–H groups in total. The molecule has 0 fully saturated rings. The van der Waals surface area contributed by atoms with E-state index in [0.717, 1.165) is 17.8 Å². The first kappa shape index (κ1) is 14.0. The highest BCUT2D eigenvalue weighted by atomic mass is 19.1. The highest BCUT2D eigenvalue weighted by Crippen LogP contribution is 2.27. The van der Waals surface area contributed by atoms with Crippen molar-refractivity contribution >= 4 is 17.3 Å². The summed E-state index contributed by atoms with van der Waals surface area (Å²) >= 11 is 0. The molecule has 2 aromatic rings. The third-order valence-electron chi connectivity index (χ3n) is 2.96. The summed E-state index contributed by atoms with van der Waals surface area (Å²) < 4.78 is 18.9. The largest absolute Gasteiger partial charge is 0.497 e. The van der Waals surface area contributed by atoms with Gasteiger partial charge in [0.1, 0.15) is 29.5 Å². The quantitative estimate of drug-likeness (QED) is 0.879. The van der Waals surface area contributed by atoms with Crippen LogP contribution in [0.2, 0.25) is 0 Å². The molecule has 6 heteroatoms. The number of nitrogens with zero attached hydrogens (tertiary/aromatic N) is 2. The van der Waals surface area contributed by atoms with Crippen LogP contribution in [0.1, 0.15) is 12.5 Å². The van der Waals surface area contributed by atoms with Crippen molar-refractivity contribution in [1.29, 1.82) is 0 Å². The number of benzene rings is 1. The van der Waals surface area contributed by atoms with E-state index >= 15 is 0 Å². The zero-order valence-electron chi connectivity index (χ0n) is 11.7. The molecule has 0 unspecified atom stereocenters. The lowest BCUT2D eigenvalue weighted by Gasteiger charge is -2.13. The minimum Gasteiger partial charge on any atom is -0.497 e. The molecule has 5 nitrogen and oxygen atoms in total. The van der Waals surface area contributed by atoms with Crippen molar-refractivity contribution in [1.82, 2.24) is 9.97 Å². The smallest absolute Gasteiger partial charge is 0.146 e. The fourth-order valence-corrected chi connectivity index (χ4v) is 1.93. The van der Waals surface area contributed by atoms with Crippen molar-refractivity contribution in [3.8, 4) is 5.75 Å². The SMILES string of the molecule is CCc1c(NC)ncnc1Nc1cc(OC)ccc1F. The van der Waals surface area contributed by atoms with Crippen molar-refractivity contribution < 1.29 is 9.13 Å². The van der Waals surface area contributed by atoms with Gasteiger partial charge in [0.25, 0.3) is 0 Å². The predicted octanol–water partition coefficient (Wildman–Crippen LogP) is 2.97. The van der Waals surface area contributed by atoms with Crippen molar-refractivity contribution in [2.24, 2.45) is 0 Å². The number of halogens is 1. The molecule has 0 atom stereocenters. The second-order valence-corrected chi connectivity index (χ2v) is 4.12. The van der Waals surface area contributed by atoms with Crippen LogP contribution in [0.15, 0.2) is 24.5 Å². The van der Waals surface area contributed by atoms with Crippen LogP contribution in [0.3, 0.4) is 0 Å². The van der Waals surface area contributed by atoms with Crippen molar-refractivity contribution in [3.05, 3.63) is 35.9 Å². The molecule has 2 rings (SSSR count). The molecule has 0 aliphatic carbocycles. The summed E-state index contributed by atoms with van der Waals surface area (Å²) in [5, 5.41) is 6.00. The Bertz CT molecular complexity index is 604. The Hall–Kier alpha value is -2.37. The summed E-state index contributed by atoms with van der Waals surface area (Å²) in [6.45, 7) is 1.99. The number of rotatable bonds is 5. The van der Waals surface area contributed by atoms with E-state index in [2.05, 4.69) is 20.6 Å². The van der Waals surface area contributed by atoms with Crippen molar-refractivity contribution in [2.75, 3.05) is 24.8 Å². The Morgan fingerprint density at radius 2 is 2.00 bits per heavy atom. The average Bonchev–Trinajstić information content (AvgIpc) is 2.49. The first-order valence-electron chi connectivity index (χ1n) is 6.31. The number of nitrogens with one attached hydrogen (secondary N) is 2. The van der Waals surface area contributed by atoms with Crippen LogP contribution in [-0.2, 0) is 6.42 Å². The lowest BCUT2D eigenvalue weighted by molar-refractivity contribution is 0.414. The maximum absolute atomic E-state index is 13.8. The number of aromatic nitrogens is 2. The van der Waals surface area contributed by atoms with Crippen LogP contribution in [0.5, 0.6) is 5.75 Å². The molecule has 0 aliphatic heterocycles. The van der Waals surface area contributed by atoms with E-state index in [1.807, 2.05) is 6.92 Å². The second-order valence-electron chi connectivity index (χ2n) is 4.12. The number of anilines is 3. The Kier molecular flexibility index (Phi) is 4.34. The molecule has 0 amide bonds. The van der Waals surface area contributed by atoms with E-state index in [-0.39, 0.29) is 5.82 Å². The maximum Gasteiger partial charge on any atom is 0.146 e. The van der Waals surface area contributed by atoms with Crippen LogP contribution in [0.4, 0.5) is 21.7 Å². The third kappa shape index (κ3) is 2.79. The predicted molar refractivity (Wildman–Crippen MR) is 77.2 cm³/mol. The maximum atomic E-state index is 13.8. The number of hydrogen-bond acceptors (Lipinski definition) is 5.